The van der Waals surface area contributed by atoms with E-state index in [9.17, 15) is 17.6 Å². The van der Waals surface area contributed by atoms with Crippen LogP contribution in [0.5, 0.6) is 0 Å². The van der Waals surface area contributed by atoms with Gasteiger partial charge in [-0.05, 0) is 18.2 Å². The standard InChI is InChI=1S/C12H10F4N2O2S/c13-7-2-1-3-8(4-7)21-6-10-17-11(20-18-10)5-9(19)12(14,15)16/h1-4,9,19H,5-6H2. The number of hydrogen-bond donors (Lipinski definition) is 1. The monoisotopic (exact) mass is 322 g/mol. The van der Waals surface area contributed by atoms with Gasteiger partial charge in [0.25, 0.3) is 0 Å². The fourth-order valence-corrected chi connectivity index (χ4v) is 2.20. The molecule has 1 aromatic heterocycles. The van der Waals surface area contributed by atoms with E-state index >= 15 is 0 Å². The third-order valence-electron chi connectivity index (χ3n) is 2.42. The van der Waals surface area contributed by atoms with Gasteiger partial charge >= 0.3 is 6.18 Å². The highest BCUT2D eigenvalue weighted by atomic mass is 32.2. The van der Waals surface area contributed by atoms with E-state index in [1.165, 1.54) is 23.9 Å². The molecule has 114 valence electrons. The van der Waals surface area contributed by atoms with Crippen molar-refractivity contribution in [3.8, 4) is 0 Å². The van der Waals surface area contributed by atoms with Crippen LogP contribution in [0.4, 0.5) is 17.6 Å². The average molecular weight is 322 g/mol. The molecule has 0 radical (unpaired) electrons. The molecule has 1 aromatic carbocycles. The van der Waals surface area contributed by atoms with Gasteiger partial charge in [-0.25, -0.2) is 4.39 Å². The summed E-state index contributed by atoms with van der Waals surface area (Å²) in [5.74, 6) is -0.292. The van der Waals surface area contributed by atoms with Crippen molar-refractivity contribution < 1.29 is 27.2 Å². The molecule has 0 aliphatic carbocycles. The van der Waals surface area contributed by atoms with Crippen molar-refractivity contribution in [1.82, 2.24) is 10.1 Å². The first-order chi connectivity index (χ1) is 9.84. The van der Waals surface area contributed by atoms with Gasteiger partial charge in [0, 0.05) is 4.90 Å². The predicted octanol–water partition coefficient (Wildman–Crippen LogP) is 2.97. The second kappa shape index (κ2) is 6.44. The van der Waals surface area contributed by atoms with Crippen LogP contribution in [0.2, 0.25) is 0 Å². The number of rotatable bonds is 5. The van der Waals surface area contributed by atoms with Crippen molar-refractivity contribution in [2.75, 3.05) is 0 Å². The average Bonchev–Trinajstić information content (AvgIpc) is 2.83. The summed E-state index contributed by atoms with van der Waals surface area (Å²) in [6, 6.07) is 5.84. The molecule has 4 nitrogen and oxygen atoms in total. The summed E-state index contributed by atoms with van der Waals surface area (Å²) in [4.78, 5) is 4.38. The Morgan fingerprint density at radius 3 is 2.76 bits per heavy atom. The Hall–Kier alpha value is -1.61. The van der Waals surface area contributed by atoms with Crippen LogP contribution in [0.25, 0.3) is 0 Å². The molecule has 21 heavy (non-hydrogen) atoms. The zero-order valence-electron chi connectivity index (χ0n) is 10.5. The summed E-state index contributed by atoms with van der Waals surface area (Å²) in [5, 5.41) is 12.4. The molecule has 0 bridgehead atoms. The van der Waals surface area contributed by atoms with Crippen LogP contribution < -0.4 is 0 Å². The Morgan fingerprint density at radius 2 is 2.10 bits per heavy atom. The number of hydrogen-bond acceptors (Lipinski definition) is 5. The molecule has 0 aliphatic heterocycles. The Bertz CT molecular complexity index is 603. The van der Waals surface area contributed by atoms with E-state index in [0.29, 0.717) is 4.90 Å². The lowest BCUT2D eigenvalue weighted by Gasteiger charge is -2.11. The fraction of sp³-hybridized carbons (Fsp3) is 0.333. The van der Waals surface area contributed by atoms with E-state index in [4.69, 9.17) is 5.11 Å². The fourth-order valence-electron chi connectivity index (χ4n) is 1.42. The summed E-state index contributed by atoms with van der Waals surface area (Å²) in [7, 11) is 0. The van der Waals surface area contributed by atoms with Crippen molar-refractivity contribution in [3.63, 3.8) is 0 Å². The minimum Gasteiger partial charge on any atom is -0.383 e. The molecule has 0 spiro atoms. The SMILES string of the molecule is OC(Cc1nc(CSc2cccc(F)c2)no1)C(F)(F)F. The van der Waals surface area contributed by atoms with Crippen LogP contribution in [0, 0.1) is 5.82 Å². The molecule has 9 heteroatoms. The molecule has 1 N–H and O–H groups in total. The smallest absolute Gasteiger partial charge is 0.383 e. The maximum Gasteiger partial charge on any atom is 0.414 e. The van der Waals surface area contributed by atoms with E-state index in [-0.39, 0.29) is 23.3 Å². The summed E-state index contributed by atoms with van der Waals surface area (Å²) in [5.41, 5.74) is 0. The minimum absolute atomic E-state index is 0.175. The molecule has 0 saturated carbocycles. The maximum atomic E-state index is 13.0. The molecule has 0 saturated heterocycles. The predicted molar refractivity (Wildman–Crippen MR) is 66.0 cm³/mol. The Kier molecular flexibility index (Phi) is 4.84. The second-order valence-corrected chi connectivity index (χ2v) is 5.16. The first-order valence-corrected chi connectivity index (χ1v) is 6.78. The first kappa shape index (κ1) is 15.8. The van der Waals surface area contributed by atoms with Gasteiger partial charge in [-0.3, -0.25) is 0 Å². The Labute approximate surface area is 121 Å². The van der Waals surface area contributed by atoms with Crippen LogP contribution in [-0.4, -0.2) is 27.5 Å². The summed E-state index contributed by atoms with van der Waals surface area (Å²) < 4.78 is 54.1. The van der Waals surface area contributed by atoms with Gasteiger partial charge in [0.2, 0.25) is 5.89 Å². The number of aliphatic hydroxyl groups is 1. The summed E-state index contributed by atoms with van der Waals surface area (Å²) in [6.45, 7) is 0. The van der Waals surface area contributed by atoms with E-state index in [1.54, 1.807) is 12.1 Å². The van der Waals surface area contributed by atoms with Gasteiger partial charge in [0.1, 0.15) is 5.82 Å². The van der Waals surface area contributed by atoms with Gasteiger partial charge < -0.3 is 9.63 Å². The molecule has 0 aliphatic rings. The largest absolute Gasteiger partial charge is 0.414 e. The van der Waals surface area contributed by atoms with Crippen LogP contribution in [-0.2, 0) is 12.2 Å². The van der Waals surface area contributed by atoms with Crippen molar-refractivity contribution >= 4 is 11.8 Å². The number of nitrogens with zero attached hydrogens (tertiary/aromatic N) is 2. The maximum absolute atomic E-state index is 13.0. The van der Waals surface area contributed by atoms with Gasteiger partial charge in [0.05, 0.1) is 12.2 Å². The van der Waals surface area contributed by atoms with Crippen LogP contribution >= 0.6 is 11.8 Å². The van der Waals surface area contributed by atoms with Crippen molar-refractivity contribution in [1.29, 1.82) is 0 Å². The van der Waals surface area contributed by atoms with Gasteiger partial charge in [-0.1, -0.05) is 11.2 Å². The second-order valence-electron chi connectivity index (χ2n) is 4.11. The van der Waals surface area contributed by atoms with E-state index < -0.39 is 18.7 Å². The number of aliphatic hydroxyl groups excluding tert-OH is 1. The molecular weight excluding hydrogens is 312 g/mol. The topological polar surface area (TPSA) is 59.2 Å². The summed E-state index contributed by atoms with van der Waals surface area (Å²) >= 11 is 1.22. The lowest BCUT2D eigenvalue weighted by molar-refractivity contribution is -0.204. The van der Waals surface area contributed by atoms with Crippen LogP contribution in [0.1, 0.15) is 11.7 Å². The molecule has 2 aromatic rings. The van der Waals surface area contributed by atoms with Crippen molar-refractivity contribution in [2.45, 2.75) is 29.3 Å². The van der Waals surface area contributed by atoms with E-state index in [1.807, 2.05) is 0 Å². The van der Waals surface area contributed by atoms with Crippen LogP contribution in [0.3, 0.4) is 0 Å². The number of benzene rings is 1. The highest BCUT2D eigenvalue weighted by Crippen LogP contribution is 2.24. The summed E-state index contributed by atoms with van der Waals surface area (Å²) in [6.07, 6.45) is -8.06. The third-order valence-corrected chi connectivity index (χ3v) is 3.41. The van der Waals surface area contributed by atoms with Crippen molar-refractivity contribution in [3.05, 3.63) is 41.8 Å². The number of halogens is 4. The number of thioether (sulfide) groups is 1. The van der Waals surface area contributed by atoms with Gasteiger partial charge in [-0.2, -0.15) is 18.2 Å². The molecule has 1 atom stereocenters. The zero-order valence-corrected chi connectivity index (χ0v) is 11.3. The Morgan fingerprint density at radius 1 is 1.33 bits per heavy atom. The molecule has 1 heterocycles. The molecule has 0 fully saturated rings. The molecule has 0 amide bonds. The highest BCUT2D eigenvalue weighted by molar-refractivity contribution is 7.98. The molecule has 2 rings (SSSR count). The number of aromatic nitrogens is 2. The molecular formula is C12H10F4N2O2S. The quantitative estimate of drug-likeness (QED) is 0.677. The minimum atomic E-state index is -4.73. The lowest BCUT2D eigenvalue weighted by Crippen LogP contribution is -2.30. The lowest BCUT2D eigenvalue weighted by atomic mass is 10.2. The third kappa shape index (κ3) is 4.71. The molecule has 1 unspecified atom stereocenters. The first-order valence-electron chi connectivity index (χ1n) is 5.79. The van der Waals surface area contributed by atoms with E-state index in [0.717, 1.165) is 0 Å². The van der Waals surface area contributed by atoms with E-state index in [2.05, 4.69) is 14.7 Å². The van der Waals surface area contributed by atoms with Crippen LogP contribution in [0.15, 0.2) is 33.7 Å². The van der Waals surface area contributed by atoms with Gasteiger partial charge in [-0.15, -0.1) is 11.8 Å². The number of alkyl halides is 3. The highest BCUT2D eigenvalue weighted by Gasteiger charge is 2.39. The Balaban J connectivity index is 1.91. The zero-order chi connectivity index (χ0) is 15.5. The normalized spacial score (nSPS) is 13.4. The van der Waals surface area contributed by atoms with Crippen molar-refractivity contribution in [2.24, 2.45) is 0 Å². The van der Waals surface area contributed by atoms with Gasteiger partial charge in [0.15, 0.2) is 11.9 Å².